The molecule has 78 valence electrons. The van der Waals surface area contributed by atoms with Crippen molar-refractivity contribution in [2.75, 3.05) is 13.7 Å². The summed E-state index contributed by atoms with van der Waals surface area (Å²) in [5.41, 5.74) is 0. The van der Waals surface area contributed by atoms with Crippen molar-refractivity contribution in [1.29, 1.82) is 0 Å². The molecule has 0 amide bonds. The van der Waals surface area contributed by atoms with Crippen LogP contribution in [0.1, 0.15) is 45.4 Å². The molecular weight excluding hydrogens is 162 g/mol. The molecule has 1 heterocycles. The standard InChI is InChI=1S/C11H23NO/c1-3-10(12-2)6-4-7-11-8-5-9-13-11/h10-12H,3-9H2,1-2H3. The third-order valence-corrected chi connectivity index (χ3v) is 3.00. The van der Waals surface area contributed by atoms with Crippen molar-refractivity contribution in [3.05, 3.63) is 0 Å². The molecule has 1 fully saturated rings. The average molecular weight is 185 g/mol. The van der Waals surface area contributed by atoms with Gasteiger partial charge in [0.1, 0.15) is 0 Å². The maximum Gasteiger partial charge on any atom is 0.0576 e. The SMILES string of the molecule is CCC(CCCC1CCCO1)NC. The number of nitrogens with one attached hydrogen (secondary N) is 1. The van der Waals surface area contributed by atoms with E-state index in [1.807, 2.05) is 0 Å². The largest absolute Gasteiger partial charge is 0.378 e. The first-order valence-corrected chi connectivity index (χ1v) is 5.65. The van der Waals surface area contributed by atoms with Crippen LogP contribution in [0.2, 0.25) is 0 Å². The molecule has 1 aliphatic heterocycles. The summed E-state index contributed by atoms with van der Waals surface area (Å²) in [5.74, 6) is 0. The molecular formula is C11H23NO. The minimum atomic E-state index is 0.578. The summed E-state index contributed by atoms with van der Waals surface area (Å²) in [6, 6.07) is 0.710. The van der Waals surface area contributed by atoms with Crippen molar-refractivity contribution in [3.63, 3.8) is 0 Å². The van der Waals surface area contributed by atoms with Gasteiger partial charge in [-0.2, -0.15) is 0 Å². The lowest BCUT2D eigenvalue weighted by Gasteiger charge is -2.14. The second-order valence-corrected chi connectivity index (χ2v) is 3.96. The molecule has 1 rings (SSSR count). The summed E-state index contributed by atoms with van der Waals surface area (Å²) in [6.45, 7) is 3.24. The normalized spacial score (nSPS) is 24.9. The van der Waals surface area contributed by atoms with Gasteiger partial charge in [-0.25, -0.2) is 0 Å². The van der Waals surface area contributed by atoms with Crippen LogP contribution in [0.25, 0.3) is 0 Å². The Morgan fingerprint density at radius 2 is 2.38 bits per heavy atom. The van der Waals surface area contributed by atoms with Crippen LogP contribution in [0.5, 0.6) is 0 Å². The summed E-state index contributed by atoms with van der Waals surface area (Å²) < 4.78 is 5.58. The number of hydrogen-bond acceptors (Lipinski definition) is 2. The maximum absolute atomic E-state index is 5.58. The smallest absolute Gasteiger partial charge is 0.0576 e. The van der Waals surface area contributed by atoms with Gasteiger partial charge in [-0.15, -0.1) is 0 Å². The Kier molecular flexibility index (Phi) is 5.40. The van der Waals surface area contributed by atoms with Crippen molar-refractivity contribution < 1.29 is 4.74 Å². The van der Waals surface area contributed by atoms with Gasteiger partial charge in [-0.05, 0) is 45.6 Å². The summed E-state index contributed by atoms with van der Waals surface area (Å²) in [6.07, 6.45) is 8.25. The van der Waals surface area contributed by atoms with Gasteiger partial charge in [0.05, 0.1) is 6.10 Å². The number of hydrogen-bond donors (Lipinski definition) is 1. The van der Waals surface area contributed by atoms with Crippen LogP contribution < -0.4 is 5.32 Å². The van der Waals surface area contributed by atoms with Gasteiger partial charge in [0.15, 0.2) is 0 Å². The van der Waals surface area contributed by atoms with E-state index in [4.69, 9.17) is 4.74 Å². The molecule has 1 aliphatic rings. The van der Waals surface area contributed by atoms with Gasteiger partial charge in [-0.1, -0.05) is 6.92 Å². The van der Waals surface area contributed by atoms with E-state index in [-0.39, 0.29) is 0 Å². The highest BCUT2D eigenvalue weighted by atomic mass is 16.5. The average Bonchev–Trinajstić information content (AvgIpc) is 2.65. The first-order valence-electron chi connectivity index (χ1n) is 5.65. The molecule has 0 aliphatic carbocycles. The number of ether oxygens (including phenoxy) is 1. The molecule has 13 heavy (non-hydrogen) atoms. The predicted octanol–water partition coefficient (Wildman–Crippen LogP) is 2.33. The van der Waals surface area contributed by atoms with Crippen LogP contribution in [-0.2, 0) is 4.74 Å². The van der Waals surface area contributed by atoms with Crippen molar-refractivity contribution in [2.24, 2.45) is 0 Å². The van der Waals surface area contributed by atoms with E-state index >= 15 is 0 Å². The molecule has 0 aromatic heterocycles. The molecule has 1 N–H and O–H groups in total. The lowest BCUT2D eigenvalue weighted by molar-refractivity contribution is 0.101. The van der Waals surface area contributed by atoms with E-state index in [1.54, 1.807) is 0 Å². The first-order chi connectivity index (χ1) is 6.36. The zero-order chi connectivity index (χ0) is 9.52. The fraction of sp³-hybridized carbons (Fsp3) is 1.00. The molecule has 2 unspecified atom stereocenters. The highest BCUT2D eigenvalue weighted by molar-refractivity contribution is 4.67. The molecule has 0 aromatic carbocycles. The van der Waals surface area contributed by atoms with Crippen molar-refractivity contribution in [3.8, 4) is 0 Å². The molecule has 0 saturated carbocycles. The van der Waals surface area contributed by atoms with Crippen molar-refractivity contribution >= 4 is 0 Å². The van der Waals surface area contributed by atoms with Crippen LogP contribution in [-0.4, -0.2) is 25.8 Å². The molecule has 2 nitrogen and oxygen atoms in total. The van der Waals surface area contributed by atoms with E-state index in [0.717, 1.165) is 6.61 Å². The van der Waals surface area contributed by atoms with E-state index in [2.05, 4.69) is 19.3 Å². The third-order valence-electron chi connectivity index (χ3n) is 3.00. The Morgan fingerprint density at radius 3 is 2.92 bits per heavy atom. The second-order valence-electron chi connectivity index (χ2n) is 3.96. The number of rotatable bonds is 6. The zero-order valence-electron chi connectivity index (χ0n) is 9.01. The summed E-state index contributed by atoms with van der Waals surface area (Å²) in [4.78, 5) is 0. The lowest BCUT2D eigenvalue weighted by Crippen LogP contribution is -2.24. The van der Waals surface area contributed by atoms with Gasteiger partial charge in [-0.3, -0.25) is 0 Å². The first kappa shape index (κ1) is 11.0. The fourth-order valence-electron chi connectivity index (χ4n) is 2.02. The lowest BCUT2D eigenvalue weighted by atomic mass is 10.0. The monoisotopic (exact) mass is 185 g/mol. The van der Waals surface area contributed by atoms with Crippen LogP contribution in [0.3, 0.4) is 0 Å². The minimum absolute atomic E-state index is 0.578. The van der Waals surface area contributed by atoms with E-state index in [1.165, 1.54) is 38.5 Å². The molecule has 0 radical (unpaired) electrons. The predicted molar refractivity (Wildman–Crippen MR) is 56.0 cm³/mol. The summed E-state index contributed by atoms with van der Waals surface area (Å²) >= 11 is 0. The fourth-order valence-corrected chi connectivity index (χ4v) is 2.02. The Bertz CT molecular complexity index is 115. The van der Waals surface area contributed by atoms with Gasteiger partial charge in [0.2, 0.25) is 0 Å². The van der Waals surface area contributed by atoms with E-state index in [0.29, 0.717) is 12.1 Å². The molecule has 2 heteroatoms. The topological polar surface area (TPSA) is 21.3 Å². The Balaban J connectivity index is 1.98. The zero-order valence-corrected chi connectivity index (χ0v) is 9.01. The van der Waals surface area contributed by atoms with Gasteiger partial charge >= 0.3 is 0 Å². The van der Waals surface area contributed by atoms with Crippen molar-refractivity contribution in [2.45, 2.75) is 57.6 Å². The van der Waals surface area contributed by atoms with Crippen LogP contribution in [0.15, 0.2) is 0 Å². The Labute approximate surface area is 82.0 Å². The Hall–Kier alpha value is -0.0800. The summed E-state index contributed by atoms with van der Waals surface area (Å²) in [7, 11) is 2.06. The van der Waals surface area contributed by atoms with Gasteiger partial charge in [0.25, 0.3) is 0 Å². The Morgan fingerprint density at radius 1 is 1.54 bits per heavy atom. The minimum Gasteiger partial charge on any atom is -0.378 e. The second kappa shape index (κ2) is 6.39. The van der Waals surface area contributed by atoms with Crippen LogP contribution in [0.4, 0.5) is 0 Å². The summed E-state index contributed by atoms with van der Waals surface area (Å²) in [5, 5.41) is 3.34. The molecule has 0 spiro atoms. The molecule has 0 aromatic rings. The van der Waals surface area contributed by atoms with Gasteiger partial charge < -0.3 is 10.1 Å². The van der Waals surface area contributed by atoms with Gasteiger partial charge in [0, 0.05) is 12.6 Å². The van der Waals surface area contributed by atoms with Crippen molar-refractivity contribution in [1.82, 2.24) is 5.32 Å². The molecule has 1 saturated heterocycles. The van der Waals surface area contributed by atoms with Crippen LogP contribution >= 0.6 is 0 Å². The quantitative estimate of drug-likeness (QED) is 0.686. The third kappa shape index (κ3) is 4.10. The van der Waals surface area contributed by atoms with E-state index in [9.17, 15) is 0 Å². The van der Waals surface area contributed by atoms with E-state index < -0.39 is 0 Å². The molecule has 2 atom stereocenters. The highest BCUT2D eigenvalue weighted by Crippen LogP contribution is 2.18. The van der Waals surface area contributed by atoms with Crippen LogP contribution in [0, 0.1) is 0 Å². The molecule has 0 bridgehead atoms. The highest BCUT2D eigenvalue weighted by Gasteiger charge is 2.15. The maximum atomic E-state index is 5.58.